The van der Waals surface area contributed by atoms with Crippen LogP contribution in [0.5, 0.6) is 5.75 Å². The number of nitrogens with zero attached hydrogens (tertiary/aromatic N) is 2. The summed E-state index contributed by atoms with van der Waals surface area (Å²) >= 11 is 5.98. The van der Waals surface area contributed by atoms with Gasteiger partial charge in [0.2, 0.25) is 5.88 Å². The van der Waals surface area contributed by atoms with E-state index in [4.69, 9.17) is 16.3 Å². The van der Waals surface area contributed by atoms with Crippen LogP contribution < -0.4 is 10.1 Å². The van der Waals surface area contributed by atoms with Crippen LogP contribution in [0.2, 0.25) is 5.02 Å². The number of ether oxygens (including phenoxy) is 1. The van der Waals surface area contributed by atoms with Gasteiger partial charge in [-0.1, -0.05) is 54.1 Å². The van der Waals surface area contributed by atoms with Crippen molar-refractivity contribution in [1.82, 2.24) is 5.32 Å². The molecule has 0 saturated heterocycles. The Hall–Kier alpha value is -3.56. The Morgan fingerprint density at radius 1 is 1.21 bits per heavy atom. The van der Waals surface area contributed by atoms with Gasteiger partial charge in [0, 0.05) is 24.1 Å². The molecule has 28 heavy (non-hydrogen) atoms. The zero-order valence-corrected chi connectivity index (χ0v) is 15.5. The van der Waals surface area contributed by atoms with Crippen molar-refractivity contribution in [3.63, 3.8) is 0 Å². The van der Waals surface area contributed by atoms with Gasteiger partial charge < -0.3 is 10.1 Å². The third-order valence-corrected chi connectivity index (χ3v) is 5.13. The number of halogens is 1. The second kappa shape index (κ2) is 6.87. The summed E-state index contributed by atoms with van der Waals surface area (Å²) in [5, 5.41) is 26.0. The first-order chi connectivity index (χ1) is 13.5. The molecule has 1 heterocycles. The van der Waals surface area contributed by atoms with E-state index in [-0.39, 0.29) is 10.7 Å². The molecule has 0 aromatic heterocycles. The maximum atomic E-state index is 11.4. The highest BCUT2D eigenvalue weighted by atomic mass is 35.5. The van der Waals surface area contributed by atoms with Gasteiger partial charge in [0.25, 0.3) is 5.69 Å². The number of fused-ring (bicyclic) bond motifs is 3. The van der Waals surface area contributed by atoms with Crippen molar-refractivity contribution >= 4 is 28.1 Å². The van der Waals surface area contributed by atoms with E-state index in [2.05, 4.69) is 11.4 Å². The lowest BCUT2D eigenvalue weighted by Crippen LogP contribution is -2.24. The smallest absolute Gasteiger partial charge is 0.288 e. The summed E-state index contributed by atoms with van der Waals surface area (Å²) in [6.45, 7) is 0. The van der Waals surface area contributed by atoms with E-state index in [0.717, 1.165) is 16.3 Å². The maximum Gasteiger partial charge on any atom is 0.288 e. The van der Waals surface area contributed by atoms with Crippen LogP contribution in [-0.4, -0.2) is 12.0 Å². The third kappa shape index (κ3) is 2.73. The van der Waals surface area contributed by atoms with E-state index in [1.54, 1.807) is 13.1 Å². The Morgan fingerprint density at radius 2 is 2.00 bits per heavy atom. The molecule has 0 spiro atoms. The van der Waals surface area contributed by atoms with Gasteiger partial charge in [0.05, 0.1) is 10.8 Å². The quantitative estimate of drug-likeness (QED) is 0.507. The number of allylic oxidation sites excluding steroid dienone is 1. The summed E-state index contributed by atoms with van der Waals surface area (Å²) < 4.78 is 6.04. The summed E-state index contributed by atoms with van der Waals surface area (Å²) in [6, 6.07) is 18.4. The molecule has 1 aliphatic heterocycles. The molecule has 138 valence electrons. The van der Waals surface area contributed by atoms with E-state index in [1.807, 2.05) is 36.4 Å². The van der Waals surface area contributed by atoms with Gasteiger partial charge >= 0.3 is 0 Å². The van der Waals surface area contributed by atoms with Crippen LogP contribution in [0, 0.1) is 21.4 Å². The van der Waals surface area contributed by atoms with Crippen LogP contribution in [0.3, 0.4) is 0 Å². The number of hydrogen-bond donors (Lipinski definition) is 1. The van der Waals surface area contributed by atoms with Gasteiger partial charge in [-0.3, -0.25) is 10.1 Å². The van der Waals surface area contributed by atoms with Crippen LogP contribution in [0.25, 0.3) is 10.8 Å². The Morgan fingerprint density at radius 3 is 2.71 bits per heavy atom. The molecule has 3 aromatic carbocycles. The van der Waals surface area contributed by atoms with Gasteiger partial charge in [0.1, 0.15) is 22.4 Å². The Bertz CT molecular complexity index is 1200. The zero-order valence-electron chi connectivity index (χ0n) is 14.8. The average Bonchev–Trinajstić information content (AvgIpc) is 2.72. The van der Waals surface area contributed by atoms with Crippen molar-refractivity contribution in [2.75, 3.05) is 7.05 Å². The molecule has 1 unspecified atom stereocenters. The maximum absolute atomic E-state index is 11.4. The molecular formula is C21H14ClN3O3. The Labute approximate surface area is 165 Å². The van der Waals surface area contributed by atoms with Crippen LogP contribution >= 0.6 is 11.6 Å². The van der Waals surface area contributed by atoms with Gasteiger partial charge in [-0.05, 0) is 17.0 Å². The normalized spacial score (nSPS) is 15.5. The van der Waals surface area contributed by atoms with Crippen molar-refractivity contribution in [3.05, 3.63) is 92.3 Å². The summed E-state index contributed by atoms with van der Waals surface area (Å²) in [6.07, 6.45) is 0. The molecule has 1 aliphatic rings. The van der Waals surface area contributed by atoms with Crippen molar-refractivity contribution < 1.29 is 9.66 Å². The molecule has 0 fully saturated rings. The lowest BCUT2D eigenvalue weighted by molar-refractivity contribution is -0.384. The van der Waals surface area contributed by atoms with E-state index in [9.17, 15) is 15.4 Å². The van der Waals surface area contributed by atoms with Gasteiger partial charge in [0.15, 0.2) is 0 Å². The van der Waals surface area contributed by atoms with Crippen LogP contribution in [0.4, 0.5) is 5.69 Å². The van der Waals surface area contributed by atoms with E-state index in [0.29, 0.717) is 22.8 Å². The lowest BCUT2D eigenvalue weighted by Gasteiger charge is -2.28. The number of nitro groups is 1. The number of nitro benzene ring substituents is 1. The largest absolute Gasteiger partial charge is 0.439 e. The second-order valence-electron chi connectivity index (χ2n) is 6.31. The highest BCUT2D eigenvalue weighted by Gasteiger charge is 2.33. The minimum Gasteiger partial charge on any atom is -0.439 e. The fourth-order valence-electron chi connectivity index (χ4n) is 3.54. The van der Waals surface area contributed by atoms with E-state index < -0.39 is 10.8 Å². The monoisotopic (exact) mass is 391 g/mol. The number of hydrogen-bond acceptors (Lipinski definition) is 5. The lowest BCUT2D eigenvalue weighted by atomic mass is 9.82. The topological polar surface area (TPSA) is 88.2 Å². The first kappa shape index (κ1) is 17.8. The van der Waals surface area contributed by atoms with Crippen molar-refractivity contribution in [1.29, 1.82) is 5.26 Å². The van der Waals surface area contributed by atoms with E-state index in [1.165, 1.54) is 12.1 Å². The van der Waals surface area contributed by atoms with Gasteiger partial charge in [-0.15, -0.1) is 0 Å². The minimum absolute atomic E-state index is 0.0517. The molecule has 0 amide bonds. The molecule has 3 aromatic rings. The molecule has 0 radical (unpaired) electrons. The molecular weight excluding hydrogens is 378 g/mol. The van der Waals surface area contributed by atoms with Crippen LogP contribution in [0.1, 0.15) is 17.0 Å². The molecule has 0 bridgehead atoms. The second-order valence-corrected chi connectivity index (χ2v) is 6.72. The van der Waals surface area contributed by atoms with Gasteiger partial charge in [-0.25, -0.2) is 0 Å². The fourth-order valence-corrected chi connectivity index (χ4v) is 3.73. The number of nitrogens with one attached hydrogen (secondary N) is 1. The molecule has 0 saturated carbocycles. The molecule has 1 N–H and O–H groups in total. The first-order valence-corrected chi connectivity index (χ1v) is 8.88. The van der Waals surface area contributed by atoms with Crippen molar-refractivity contribution in [3.8, 4) is 11.8 Å². The molecule has 1 atom stereocenters. The van der Waals surface area contributed by atoms with Crippen molar-refractivity contribution in [2.24, 2.45) is 0 Å². The first-order valence-electron chi connectivity index (χ1n) is 8.50. The van der Waals surface area contributed by atoms with E-state index >= 15 is 0 Å². The molecule has 6 nitrogen and oxygen atoms in total. The molecule has 0 aliphatic carbocycles. The predicted octanol–water partition coefficient (Wildman–Crippen LogP) is 4.88. The minimum atomic E-state index is -0.527. The highest BCUT2D eigenvalue weighted by molar-refractivity contribution is 6.32. The van der Waals surface area contributed by atoms with Crippen molar-refractivity contribution in [2.45, 2.75) is 5.92 Å². The Kier molecular flexibility index (Phi) is 4.38. The highest BCUT2D eigenvalue weighted by Crippen LogP contribution is 2.46. The molecule has 4 rings (SSSR count). The summed E-state index contributed by atoms with van der Waals surface area (Å²) in [5.41, 5.74) is 1.52. The summed E-state index contributed by atoms with van der Waals surface area (Å²) in [5.74, 6) is 0.440. The fraction of sp³-hybridized carbons (Fsp3) is 0.0952. The SMILES string of the molecule is CNC1=C(C#N)C(c2ccc(Cl)c([N+](=O)[O-])c2)c2ccc3ccccc3c2O1. The summed E-state index contributed by atoms with van der Waals surface area (Å²) in [7, 11) is 1.67. The third-order valence-electron chi connectivity index (χ3n) is 4.81. The van der Waals surface area contributed by atoms with Crippen LogP contribution in [-0.2, 0) is 0 Å². The van der Waals surface area contributed by atoms with Crippen LogP contribution in [0.15, 0.2) is 66.1 Å². The number of rotatable bonds is 3. The average molecular weight is 392 g/mol. The number of nitriles is 1. The van der Waals surface area contributed by atoms with Gasteiger partial charge in [-0.2, -0.15) is 5.26 Å². The standard InChI is InChI=1S/C21H14ClN3O3/c1-24-21-16(11-23)19(13-7-9-17(22)18(10-13)25(26)27)15-8-6-12-4-2-3-5-14(12)20(15)28-21/h2-10,19,24H,1H3. The number of benzene rings is 3. The predicted molar refractivity (Wildman–Crippen MR) is 106 cm³/mol. The summed E-state index contributed by atoms with van der Waals surface area (Å²) in [4.78, 5) is 10.8. The Balaban J connectivity index is 2.02. The zero-order chi connectivity index (χ0) is 19.8. The molecule has 7 heteroatoms.